The van der Waals surface area contributed by atoms with Gasteiger partial charge in [-0.25, -0.2) is 19.0 Å². The maximum absolute atomic E-state index is 12.3. The molecule has 10 heteroatoms. The second kappa shape index (κ2) is 6.26. The van der Waals surface area contributed by atoms with Crippen molar-refractivity contribution in [2.45, 2.75) is 42.9 Å². The highest BCUT2D eigenvalue weighted by molar-refractivity contribution is 7.91. The number of nitrogens with two attached hydrogens (primary N) is 1. The Kier molecular flexibility index (Phi) is 4.81. The first-order valence-electron chi connectivity index (χ1n) is 6.60. The number of nitrogens with zero attached hydrogens (tertiary/aromatic N) is 1. The van der Waals surface area contributed by atoms with E-state index in [0.717, 1.165) is 43.1 Å². The molecule has 0 radical (unpaired) electrons. The summed E-state index contributed by atoms with van der Waals surface area (Å²) in [5.74, 6) is 5.67. The lowest BCUT2D eigenvalue weighted by Gasteiger charge is -2.26. The molecule has 4 N–H and O–H groups in total. The fourth-order valence-electron chi connectivity index (χ4n) is 2.55. The lowest BCUT2D eigenvalue weighted by atomic mass is 9.88. The zero-order valence-electron chi connectivity index (χ0n) is 11.5. The lowest BCUT2D eigenvalue weighted by Crippen LogP contribution is -2.37. The fourth-order valence-corrected chi connectivity index (χ4v) is 5.09. The zero-order chi connectivity index (χ0) is 15.6. The SMILES string of the molecule is CC1CCCC(NS(=O)(=O)c2cc([N+](=O)[O-])c(NN)s2)C1. The molecule has 1 fully saturated rings. The van der Waals surface area contributed by atoms with E-state index in [1.54, 1.807) is 0 Å². The third-order valence-electron chi connectivity index (χ3n) is 3.54. The van der Waals surface area contributed by atoms with Gasteiger partial charge in [0.2, 0.25) is 0 Å². The van der Waals surface area contributed by atoms with Crippen molar-refractivity contribution in [1.82, 2.24) is 4.72 Å². The van der Waals surface area contributed by atoms with Gasteiger partial charge in [-0.15, -0.1) is 0 Å². The van der Waals surface area contributed by atoms with Crippen molar-refractivity contribution in [3.05, 3.63) is 16.2 Å². The summed E-state index contributed by atoms with van der Waals surface area (Å²) in [6.07, 6.45) is 3.66. The van der Waals surface area contributed by atoms with Crippen LogP contribution in [0, 0.1) is 16.0 Å². The van der Waals surface area contributed by atoms with Gasteiger partial charge < -0.3 is 5.43 Å². The molecule has 1 aromatic heterocycles. The van der Waals surface area contributed by atoms with E-state index in [0.29, 0.717) is 5.92 Å². The van der Waals surface area contributed by atoms with Gasteiger partial charge in [0.15, 0.2) is 5.00 Å². The molecule has 0 saturated heterocycles. The average Bonchev–Trinajstić information content (AvgIpc) is 2.83. The summed E-state index contributed by atoms with van der Waals surface area (Å²) in [7, 11) is -3.76. The first-order valence-corrected chi connectivity index (χ1v) is 8.90. The third-order valence-corrected chi connectivity index (χ3v) is 6.59. The molecule has 0 aliphatic heterocycles. The molecule has 1 saturated carbocycles. The van der Waals surface area contributed by atoms with Crippen LogP contribution in [-0.4, -0.2) is 19.4 Å². The summed E-state index contributed by atoms with van der Waals surface area (Å²) in [5.41, 5.74) is 1.83. The number of sulfonamides is 1. The molecule has 1 aromatic rings. The van der Waals surface area contributed by atoms with Crippen LogP contribution in [0.2, 0.25) is 0 Å². The minimum absolute atomic E-state index is 0.0254. The van der Waals surface area contributed by atoms with Gasteiger partial charge in [0.05, 0.1) is 4.92 Å². The largest absolute Gasteiger partial charge is 0.310 e. The topological polar surface area (TPSA) is 127 Å². The number of anilines is 1. The van der Waals surface area contributed by atoms with Gasteiger partial charge in [-0.05, 0) is 18.8 Å². The van der Waals surface area contributed by atoms with Crippen molar-refractivity contribution >= 4 is 32.0 Å². The van der Waals surface area contributed by atoms with E-state index in [9.17, 15) is 18.5 Å². The molecule has 2 rings (SSSR count). The highest BCUT2D eigenvalue weighted by Gasteiger charge is 2.29. The Morgan fingerprint density at radius 3 is 2.71 bits per heavy atom. The van der Waals surface area contributed by atoms with Crippen LogP contribution in [0.5, 0.6) is 0 Å². The van der Waals surface area contributed by atoms with Gasteiger partial charge >= 0.3 is 5.69 Å². The van der Waals surface area contributed by atoms with E-state index in [1.165, 1.54) is 0 Å². The molecule has 1 aliphatic rings. The van der Waals surface area contributed by atoms with E-state index < -0.39 is 14.9 Å². The second-order valence-corrected chi connectivity index (χ2v) is 8.26. The van der Waals surface area contributed by atoms with Crippen LogP contribution >= 0.6 is 11.3 Å². The maximum Gasteiger partial charge on any atom is 0.306 e. The van der Waals surface area contributed by atoms with Crippen LogP contribution in [0.4, 0.5) is 10.7 Å². The number of hydrogen-bond donors (Lipinski definition) is 3. The summed E-state index contributed by atoms with van der Waals surface area (Å²) in [4.78, 5) is 10.2. The van der Waals surface area contributed by atoms with Crippen molar-refractivity contribution in [3.8, 4) is 0 Å². The van der Waals surface area contributed by atoms with Crippen LogP contribution in [-0.2, 0) is 10.0 Å². The van der Waals surface area contributed by atoms with Gasteiger partial charge in [0, 0.05) is 12.1 Å². The zero-order valence-corrected chi connectivity index (χ0v) is 13.2. The number of thiophene rings is 1. The summed E-state index contributed by atoms with van der Waals surface area (Å²) >= 11 is 0.756. The van der Waals surface area contributed by atoms with Crippen LogP contribution in [0.1, 0.15) is 32.6 Å². The molecule has 118 valence electrons. The van der Waals surface area contributed by atoms with Crippen LogP contribution in [0.15, 0.2) is 10.3 Å². The Morgan fingerprint density at radius 1 is 1.48 bits per heavy atom. The molecular formula is C11H18N4O4S2. The van der Waals surface area contributed by atoms with E-state index in [1.807, 2.05) is 0 Å². The van der Waals surface area contributed by atoms with Gasteiger partial charge in [-0.2, -0.15) is 0 Å². The minimum Gasteiger partial charge on any atom is -0.310 e. The van der Waals surface area contributed by atoms with Crippen molar-refractivity contribution in [3.63, 3.8) is 0 Å². The molecule has 0 spiro atoms. The molecule has 1 aliphatic carbocycles. The van der Waals surface area contributed by atoms with E-state index >= 15 is 0 Å². The molecule has 8 nitrogen and oxygen atoms in total. The van der Waals surface area contributed by atoms with Crippen molar-refractivity contribution in [2.24, 2.45) is 11.8 Å². The highest BCUT2D eigenvalue weighted by atomic mass is 32.2. The van der Waals surface area contributed by atoms with Crippen molar-refractivity contribution < 1.29 is 13.3 Å². The third kappa shape index (κ3) is 3.70. The van der Waals surface area contributed by atoms with Gasteiger partial charge in [-0.1, -0.05) is 31.1 Å². The molecular weight excluding hydrogens is 316 g/mol. The summed E-state index contributed by atoms with van der Waals surface area (Å²) in [5, 5.41) is 10.9. The smallest absolute Gasteiger partial charge is 0.306 e. The Hall–Kier alpha value is -1.23. The Bertz CT molecular complexity index is 628. The maximum atomic E-state index is 12.3. The molecule has 0 bridgehead atoms. The van der Waals surface area contributed by atoms with Crippen molar-refractivity contribution in [2.75, 3.05) is 5.43 Å². The Balaban J connectivity index is 2.21. The molecule has 2 atom stereocenters. The highest BCUT2D eigenvalue weighted by Crippen LogP contribution is 2.36. The fraction of sp³-hybridized carbons (Fsp3) is 0.636. The molecule has 0 amide bonds. The number of nitrogens with one attached hydrogen (secondary N) is 2. The van der Waals surface area contributed by atoms with Crippen LogP contribution < -0.4 is 16.0 Å². The molecule has 1 heterocycles. The predicted octanol–water partition coefficient (Wildman–Crippen LogP) is 1.80. The summed E-state index contributed by atoms with van der Waals surface area (Å²) < 4.78 is 27.2. The van der Waals surface area contributed by atoms with Crippen LogP contribution in [0.3, 0.4) is 0 Å². The second-order valence-electron chi connectivity index (χ2n) is 5.27. The van der Waals surface area contributed by atoms with E-state index in [-0.39, 0.29) is 20.9 Å². The van der Waals surface area contributed by atoms with Crippen molar-refractivity contribution in [1.29, 1.82) is 0 Å². The summed E-state index contributed by atoms with van der Waals surface area (Å²) in [6.45, 7) is 2.09. The first kappa shape index (κ1) is 16.1. The van der Waals surface area contributed by atoms with Gasteiger partial charge in [0.25, 0.3) is 10.0 Å². The molecule has 0 aromatic carbocycles. The molecule has 2 unspecified atom stereocenters. The number of nitrogen functional groups attached to an aromatic ring is 1. The normalized spacial score (nSPS) is 23.0. The monoisotopic (exact) mass is 334 g/mol. The minimum atomic E-state index is -3.76. The number of hydrazine groups is 1. The molecule has 21 heavy (non-hydrogen) atoms. The lowest BCUT2D eigenvalue weighted by molar-refractivity contribution is -0.383. The Morgan fingerprint density at radius 2 is 2.19 bits per heavy atom. The number of nitro groups is 1. The van der Waals surface area contributed by atoms with Gasteiger partial charge in [0.1, 0.15) is 4.21 Å². The first-order chi connectivity index (χ1) is 9.83. The number of rotatable bonds is 5. The van der Waals surface area contributed by atoms with Crippen LogP contribution in [0.25, 0.3) is 0 Å². The van der Waals surface area contributed by atoms with E-state index in [4.69, 9.17) is 5.84 Å². The Labute approximate surface area is 126 Å². The number of hydrogen-bond acceptors (Lipinski definition) is 7. The van der Waals surface area contributed by atoms with Gasteiger partial charge in [-0.3, -0.25) is 10.1 Å². The standard InChI is InChI=1S/C11H18N4O4S2/c1-7-3-2-4-8(5-7)14-21(18,19)10-6-9(15(16)17)11(13-12)20-10/h6-8,13-14H,2-5,12H2,1H3. The quantitative estimate of drug-likeness (QED) is 0.428. The van der Waals surface area contributed by atoms with E-state index in [2.05, 4.69) is 17.1 Å². The predicted molar refractivity (Wildman–Crippen MR) is 80.5 cm³/mol. The average molecular weight is 334 g/mol. The summed E-state index contributed by atoms with van der Waals surface area (Å²) in [6, 6.07) is 0.920.